The van der Waals surface area contributed by atoms with Crippen LogP contribution in [0, 0.1) is 0 Å². The van der Waals surface area contributed by atoms with Gasteiger partial charge in [0.15, 0.2) is 0 Å². The molecule has 0 aliphatic rings. The molecular formula is C18H13F3O6S. The van der Waals surface area contributed by atoms with Crippen LogP contribution in [0.4, 0.5) is 13.2 Å². The van der Waals surface area contributed by atoms with E-state index in [9.17, 15) is 26.4 Å². The van der Waals surface area contributed by atoms with Crippen LogP contribution < -0.4 is 14.3 Å². The molecule has 28 heavy (non-hydrogen) atoms. The Morgan fingerprint density at radius 2 is 1.61 bits per heavy atom. The van der Waals surface area contributed by atoms with Crippen molar-refractivity contribution >= 4 is 21.1 Å². The highest BCUT2D eigenvalue weighted by molar-refractivity contribution is 7.86. The third-order valence-electron chi connectivity index (χ3n) is 3.75. The molecule has 0 saturated carbocycles. The standard InChI is InChI=1S/C18H13F3O6S/c1-25-11-5-3-10(4-6-11)15-16(22)13-8-7-12(27-28(2,23)24)9-14(13)26-17(15)18(19,20)21/h3-9H,1-2H3. The highest BCUT2D eigenvalue weighted by atomic mass is 32.2. The van der Waals surface area contributed by atoms with Crippen LogP contribution in [0.25, 0.3) is 22.1 Å². The van der Waals surface area contributed by atoms with Crippen LogP contribution in [0.3, 0.4) is 0 Å². The van der Waals surface area contributed by atoms with Gasteiger partial charge in [-0.05, 0) is 29.8 Å². The average molecular weight is 414 g/mol. The van der Waals surface area contributed by atoms with Gasteiger partial charge in [-0.2, -0.15) is 21.6 Å². The number of rotatable bonds is 4. The zero-order valence-corrected chi connectivity index (χ0v) is 15.3. The summed E-state index contributed by atoms with van der Waals surface area (Å²) in [5.41, 5.74) is -2.01. The molecule has 0 atom stereocenters. The summed E-state index contributed by atoms with van der Waals surface area (Å²) in [5.74, 6) is -1.36. The van der Waals surface area contributed by atoms with Gasteiger partial charge in [-0.15, -0.1) is 0 Å². The first-order valence-corrected chi connectivity index (χ1v) is 9.53. The number of halogens is 3. The van der Waals surface area contributed by atoms with E-state index in [4.69, 9.17) is 9.15 Å². The largest absolute Gasteiger partial charge is 0.497 e. The Morgan fingerprint density at radius 1 is 1.00 bits per heavy atom. The molecule has 0 fully saturated rings. The molecule has 148 valence electrons. The van der Waals surface area contributed by atoms with Crippen molar-refractivity contribution in [2.24, 2.45) is 0 Å². The molecule has 0 saturated heterocycles. The lowest BCUT2D eigenvalue weighted by molar-refractivity contribution is -0.152. The van der Waals surface area contributed by atoms with E-state index in [1.807, 2.05) is 0 Å². The minimum atomic E-state index is -4.96. The second kappa shape index (κ2) is 6.86. The average Bonchev–Trinajstić information content (AvgIpc) is 2.59. The molecule has 0 aliphatic heterocycles. The van der Waals surface area contributed by atoms with Gasteiger partial charge in [-0.25, -0.2) is 0 Å². The molecule has 3 rings (SSSR count). The fourth-order valence-corrected chi connectivity index (χ4v) is 3.07. The van der Waals surface area contributed by atoms with Crippen molar-refractivity contribution in [1.29, 1.82) is 0 Å². The third kappa shape index (κ3) is 3.96. The minimum Gasteiger partial charge on any atom is -0.497 e. The van der Waals surface area contributed by atoms with Gasteiger partial charge in [0.05, 0.1) is 24.3 Å². The monoisotopic (exact) mass is 414 g/mol. The molecule has 0 bridgehead atoms. The molecule has 0 radical (unpaired) electrons. The van der Waals surface area contributed by atoms with Crippen LogP contribution in [-0.2, 0) is 16.3 Å². The van der Waals surface area contributed by atoms with Gasteiger partial charge in [0.1, 0.15) is 17.1 Å². The van der Waals surface area contributed by atoms with Crippen molar-refractivity contribution in [1.82, 2.24) is 0 Å². The minimum absolute atomic E-state index is 0.000220. The van der Waals surface area contributed by atoms with Crippen molar-refractivity contribution in [3.63, 3.8) is 0 Å². The summed E-state index contributed by atoms with van der Waals surface area (Å²) in [6.07, 6.45) is -4.18. The second-order valence-electron chi connectivity index (χ2n) is 5.81. The fraction of sp³-hybridized carbons (Fsp3) is 0.167. The van der Waals surface area contributed by atoms with Gasteiger partial charge < -0.3 is 13.3 Å². The number of ether oxygens (including phenoxy) is 1. The van der Waals surface area contributed by atoms with Crippen LogP contribution in [0.2, 0.25) is 0 Å². The molecule has 1 aromatic heterocycles. The molecular weight excluding hydrogens is 401 g/mol. The number of hydrogen-bond acceptors (Lipinski definition) is 6. The molecule has 3 aromatic rings. The first-order chi connectivity index (χ1) is 13.0. The van der Waals surface area contributed by atoms with Crippen LogP contribution in [0.1, 0.15) is 5.76 Å². The summed E-state index contributed by atoms with van der Waals surface area (Å²) in [7, 11) is -2.51. The number of hydrogen-bond donors (Lipinski definition) is 0. The topological polar surface area (TPSA) is 82.8 Å². The Kier molecular flexibility index (Phi) is 4.84. The maximum absolute atomic E-state index is 13.6. The van der Waals surface area contributed by atoms with Crippen molar-refractivity contribution in [3.05, 3.63) is 58.4 Å². The second-order valence-corrected chi connectivity index (χ2v) is 7.38. The lowest BCUT2D eigenvalue weighted by Crippen LogP contribution is -2.16. The van der Waals surface area contributed by atoms with Crippen molar-refractivity contribution < 1.29 is 34.9 Å². The van der Waals surface area contributed by atoms with E-state index in [0.717, 1.165) is 24.5 Å². The van der Waals surface area contributed by atoms with Gasteiger partial charge in [0.2, 0.25) is 11.2 Å². The number of fused-ring (bicyclic) bond motifs is 1. The van der Waals surface area contributed by atoms with Gasteiger partial charge >= 0.3 is 16.3 Å². The Hall–Kier alpha value is -3.01. The number of benzene rings is 2. The maximum atomic E-state index is 13.6. The van der Waals surface area contributed by atoms with Gasteiger partial charge in [-0.1, -0.05) is 12.1 Å². The summed E-state index contributed by atoms with van der Waals surface area (Å²) < 4.78 is 77.7. The molecule has 0 N–H and O–H groups in total. The highest BCUT2D eigenvalue weighted by Gasteiger charge is 2.39. The molecule has 1 heterocycles. The quantitative estimate of drug-likeness (QED) is 0.604. The van der Waals surface area contributed by atoms with Gasteiger partial charge in [-0.3, -0.25) is 4.79 Å². The summed E-state index contributed by atoms with van der Waals surface area (Å²) in [6.45, 7) is 0. The van der Waals surface area contributed by atoms with E-state index in [2.05, 4.69) is 4.18 Å². The first-order valence-electron chi connectivity index (χ1n) is 7.71. The SMILES string of the molecule is COc1ccc(-c2c(C(F)(F)F)oc3cc(OS(C)(=O)=O)ccc3c2=O)cc1. The molecule has 6 nitrogen and oxygen atoms in total. The normalized spacial score (nSPS) is 12.2. The Morgan fingerprint density at radius 3 is 2.14 bits per heavy atom. The van der Waals surface area contributed by atoms with Crippen LogP contribution >= 0.6 is 0 Å². The molecule has 0 unspecified atom stereocenters. The molecule has 2 aromatic carbocycles. The van der Waals surface area contributed by atoms with Gasteiger partial charge in [0, 0.05) is 6.07 Å². The predicted molar refractivity (Wildman–Crippen MR) is 94.9 cm³/mol. The smallest absolute Gasteiger partial charge is 0.450 e. The highest BCUT2D eigenvalue weighted by Crippen LogP contribution is 2.38. The fourth-order valence-electron chi connectivity index (χ4n) is 2.62. The van der Waals surface area contributed by atoms with E-state index >= 15 is 0 Å². The zero-order chi connectivity index (χ0) is 20.7. The lowest BCUT2D eigenvalue weighted by Gasteiger charge is -2.13. The van der Waals surface area contributed by atoms with Crippen molar-refractivity contribution in [2.45, 2.75) is 6.18 Å². The van der Waals surface area contributed by atoms with Crippen LogP contribution in [0.15, 0.2) is 51.7 Å². The maximum Gasteiger partial charge on any atom is 0.450 e. The third-order valence-corrected chi connectivity index (χ3v) is 4.24. The number of alkyl halides is 3. The molecule has 10 heteroatoms. The van der Waals surface area contributed by atoms with Gasteiger partial charge in [0.25, 0.3) is 0 Å². The van der Waals surface area contributed by atoms with Crippen LogP contribution in [-0.4, -0.2) is 21.8 Å². The summed E-state index contributed by atoms with van der Waals surface area (Å²) in [6, 6.07) is 8.69. The van der Waals surface area contributed by atoms with Crippen LogP contribution in [0.5, 0.6) is 11.5 Å². The van der Waals surface area contributed by atoms with E-state index in [1.165, 1.54) is 31.4 Å². The van der Waals surface area contributed by atoms with Crippen molar-refractivity contribution in [3.8, 4) is 22.6 Å². The Labute approximate surface area is 157 Å². The van der Waals surface area contributed by atoms with E-state index in [-0.39, 0.29) is 16.7 Å². The number of methoxy groups -OCH3 is 1. The molecule has 0 amide bonds. The summed E-state index contributed by atoms with van der Waals surface area (Å²) in [5, 5.41) is -0.153. The van der Waals surface area contributed by atoms with E-state index in [0.29, 0.717) is 5.75 Å². The summed E-state index contributed by atoms with van der Waals surface area (Å²) >= 11 is 0. The Bertz CT molecular complexity index is 1190. The van der Waals surface area contributed by atoms with E-state index < -0.39 is 38.6 Å². The first kappa shape index (κ1) is 19.7. The molecule has 0 aliphatic carbocycles. The Balaban J connectivity index is 2.29. The van der Waals surface area contributed by atoms with Crippen molar-refractivity contribution in [2.75, 3.05) is 13.4 Å². The molecule has 0 spiro atoms. The zero-order valence-electron chi connectivity index (χ0n) is 14.5. The summed E-state index contributed by atoms with van der Waals surface area (Å²) in [4.78, 5) is 12.8. The predicted octanol–water partition coefficient (Wildman–Crippen LogP) is 3.83. The lowest BCUT2D eigenvalue weighted by atomic mass is 10.0. The van der Waals surface area contributed by atoms with E-state index in [1.54, 1.807) is 0 Å².